The molecule has 3 heteroatoms. The number of carbonyl (C=O) groups excluding carboxylic acids is 1. The van der Waals surface area contributed by atoms with Crippen LogP contribution in [0.5, 0.6) is 0 Å². The Morgan fingerprint density at radius 2 is 2.19 bits per heavy atom. The number of nitrogens with one attached hydrogen (secondary N) is 1. The van der Waals surface area contributed by atoms with E-state index in [4.69, 9.17) is 0 Å². The molecule has 0 unspecified atom stereocenters. The lowest BCUT2D eigenvalue weighted by molar-refractivity contribution is -0.133. The first-order valence-corrected chi connectivity index (χ1v) is 8.09. The molecule has 0 bridgehead atoms. The fourth-order valence-electron chi connectivity index (χ4n) is 3.39. The lowest BCUT2D eigenvalue weighted by Gasteiger charge is -2.33. The van der Waals surface area contributed by atoms with Gasteiger partial charge in [0.15, 0.2) is 0 Å². The van der Waals surface area contributed by atoms with Crippen LogP contribution in [0.15, 0.2) is 24.3 Å². The molecule has 1 N–H and O–H groups in total. The minimum absolute atomic E-state index is 0.295. The molecule has 21 heavy (non-hydrogen) atoms. The monoisotopic (exact) mass is 288 g/mol. The van der Waals surface area contributed by atoms with Gasteiger partial charge in [-0.25, -0.2) is 0 Å². The van der Waals surface area contributed by atoms with Gasteiger partial charge in [-0.15, -0.1) is 0 Å². The third-order valence-electron chi connectivity index (χ3n) is 4.56. The van der Waals surface area contributed by atoms with Crippen LogP contribution in [0.1, 0.15) is 43.2 Å². The Bertz CT molecular complexity index is 470. The second-order valence-corrected chi connectivity index (χ2v) is 6.37. The van der Waals surface area contributed by atoms with Crippen LogP contribution >= 0.6 is 0 Å². The van der Waals surface area contributed by atoms with E-state index < -0.39 is 0 Å². The molecule has 0 spiro atoms. The van der Waals surface area contributed by atoms with E-state index in [2.05, 4.69) is 48.3 Å². The predicted molar refractivity (Wildman–Crippen MR) is 87.4 cm³/mol. The van der Waals surface area contributed by atoms with Gasteiger partial charge in [0, 0.05) is 19.5 Å². The summed E-state index contributed by atoms with van der Waals surface area (Å²) in [7, 11) is 1.99. The van der Waals surface area contributed by atoms with E-state index in [1.54, 1.807) is 0 Å². The molecule has 1 aliphatic rings. The van der Waals surface area contributed by atoms with E-state index in [1.165, 1.54) is 17.5 Å². The SMILES string of the molecule is CNC[C@H]1CCCN(C(=O)C[C@H](C)c2ccccc2C)C1. The zero-order valence-electron chi connectivity index (χ0n) is 13.6. The topological polar surface area (TPSA) is 32.3 Å². The van der Waals surface area contributed by atoms with Gasteiger partial charge < -0.3 is 10.2 Å². The number of nitrogens with zero attached hydrogens (tertiary/aromatic N) is 1. The lowest BCUT2D eigenvalue weighted by Crippen LogP contribution is -2.42. The molecule has 2 atom stereocenters. The Labute approximate surface area is 128 Å². The van der Waals surface area contributed by atoms with Crippen LogP contribution in [0.4, 0.5) is 0 Å². The number of piperidine rings is 1. The summed E-state index contributed by atoms with van der Waals surface area (Å²) in [5.74, 6) is 1.22. The highest BCUT2D eigenvalue weighted by Gasteiger charge is 2.24. The number of benzene rings is 1. The maximum Gasteiger partial charge on any atom is 0.223 e. The standard InChI is InChI=1S/C18H28N2O/c1-14-7-4-5-9-17(14)15(2)11-18(21)20-10-6-8-16(13-20)12-19-3/h4-5,7,9,15-16,19H,6,8,10-13H2,1-3H3/t15-,16+/m0/s1. The highest BCUT2D eigenvalue weighted by Crippen LogP contribution is 2.24. The number of carbonyl (C=O) groups is 1. The average Bonchev–Trinajstić information content (AvgIpc) is 2.48. The lowest BCUT2D eigenvalue weighted by atomic mass is 9.92. The predicted octanol–water partition coefficient (Wildman–Crippen LogP) is 2.95. The van der Waals surface area contributed by atoms with Crippen LogP contribution in [0, 0.1) is 12.8 Å². The van der Waals surface area contributed by atoms with E-state index in [0.717, 1.165) is 26.1 Å². The molecule has 1 aromatic carbocycles. The summed E-state index contributed by atoms with van der Waals surface area (Å²) < 4.78 is 0. The normalized spacial score (nSPS) is 20.3. The van der Waals surface area contributed by atoms with Crippen molar-refractivity contribution >= 4 is 5.91 Å². The minimum atomic E-state index is 0.295. The van der Waals surface area contributed by atoms with Crippen molar-refractivity contribution in [2.45, 2.75) is 39.0 Å². The molecule has 1 heterocycles. The van der Waals surface area contributed by atoms with Crippen LogP contribution in [0.25, 0.3) is 0 Å². The van der Waals surface area contributed by atoms with Crippen LogP contribution in [-0.2, 0) is 4.79 Å². The van der Waals surface area contributed by atoms with Gasteiger partial charge in [-0.05, 0) is 56.3 Å². The number of likely N-dealkylation sites (tertiary alicyclic amines) is 1. The first-order chi connectivity index (χ1) is 10.1. The third kappa shape index (κ3) is 4.31. The maximum absolute atomic E-state index is 12.5. The van der Waals surface area contributed by atoms with Crippen LogP contribution in [0.2, 0.25) is 0 Å². The molecule has 2 rings (SSSR count). The van der Waals surface area contributed by atoms with E-state index in [9.17, 15) is 4.79 Å². The fraction of sp³-hybridized carbons (Fsp3) is 0.611. The molecule has 0 aliphatic carbocycles. The molecule has 1 saturated heterocycles. The number of rotatable bonds is 5. The quantitative estimate of drug-likeness (QED) is 0.903. The Balaban J connectivity index is 1.93. The van der Waals surface area contributed by atoms with Crippen molar-refractivity contribution in [1.29, 1.82) is 0 Å². The van der Waals surface area contributed by atoms with Gasteiger partial charge >= 0.3 is 0 Å². The number of hydrogen-bond donors (Lipinski definition) is 1. The van der Waals surface area contributed by atoms with E-state index in [-0.39, 0.29) is 0 Å². The van der Waals surface area contributed by atoms with Crippen molar-refractivity contribution in [3.05, 3.63) is 35.4 Å². The van der Waals surface area contributed by atoms with Gasteiger partial charge in [0.25, 0.3) is 0 Å². The fourth-order valence-corrected chi connectivity index (χ4v) is 3.39. The molecule has 0 radical (unpaired) electrons. The molecule has 0 aromatic heterocycles. The Kier molecular flexibility index (Phi) is 5.80. The van der Waals surface area contributed by atoms with Gasteiger partial charge in [-0.2, -0.15) is 0 Å². The van der Waals surface area contributed by atoms with Crippen LogP contribution in [0.3, 0.4) is 0 Å². The second kappa shape index (κ2) is 7.60. The number of hydrogen-bond acceptors (Lipinski definition) is 2. The summed E-state index contributed by atoms with van der Waals surface area (Å²) >= 11 is 0. The van der Waals surface area contributed by atoms with Crippen molar-refractivity contribution in [2.75, 3.05) is 26.7 Å². The van der Waals surface area contributed by atoms with Crippen LogP contribution < -0.4 is 5.32 Å². The summed E-state index contributed by atoms with van der Waals surface area (Å²) in [6, 6.07) is 8.39. The van der Waals surface area contributed by atoms with Crippen molar-refractivity contribution < 1.29 is 4.79 Å². The largest absolute Gasteiger partial charge is 0.342 e. The summed E-state index contributed by atoms with van der Waals surface area (Å²) in [5, 5.41) is 3.23. The van der Waals surface area contributed by atoms with Crippen molar-refractivity contribution in [3.63, 3.8) is 0 Å². The van der Waals surface area contributed by atoms with E-state index >= 15 is 0 Å². The van der Waals surface area contributed by atoms with Gasteiger partial charge in [0.1, 0.15) is 0 Å². The minimum Gasteiger partial charge on any atom is -0.342 e. The van der Waals surface area contributed by atoms with Gasteiger partial charge in [-0.1, -0.05) is 31.2 Å². The zero-order chi connectivity index (χ0) is 15.2. The highest BCUT2D eigenvalue weighted by atomic mass is 16.2. The summed E-state index contributed by atoms with van der Waals surface area (Å²) in [6.45, 7) is 7.15. The molecule has 116 valence electrons. The van der Waals surface area contributed by atoms with E-state index in [0.29, 0.717) is 24.2 Å². The first kappa shape index (κ1) is 16.0. The molecular weight excluding hydrogens is 260 g/mol. The van der Waals surface area contributed by atoms with Crippen molar-refractivity contribution in [3.8, 4) is 0 Å². The Hall–Kier alpha value is -1.35. The molecule has 1 amide bonds. The first-order valence-electron chi connectivity index (χ1n) is 8.09. The molecule has 1 aliphatic heterocycles. The molecule has 1 fully saturated rings. The smallest absolute Gasteiger partial charge is 0.223 e. The summed E-state index contributed by atoms with van der Waals surface area (Å²) in [4.78, 5) is 14.6. The van der Waals surface area contributed by atoms with E-state index in [1.807, 2.05) is 7.05 Å². The van der Waals surface area contributed by atoms with Gasteiger partial charge in [0.2, 0.25) is 5.91 Å². The zero-order valence-corrected chi connectivity index (χ0v) is 13.6. The van der Waals surface area contributed by atoms with Crippen molar-refractivity contribution in [2.24, 2.45) is 5.92 Å². The highest BCUT2D eigenvalue weighted by molar-refractivity contribution is 5.77. The second-order valence-electron chi connectivity index (χ2n) is 6.37. The number of aryl methyl sites for hydroxylation is 1. The molecule has 3 nitrogen and oxygen atoms in total. The van der Waals surface area contributed by atoms with Gasteiger partial charge in [-0.3, -0.25) is 4.79 Å². The molecule has 0 saturated carbocycles. The Morgan fingerprint density at radius 1 is 1.43 bits per heavy atom. The average molecular weight is 288 g/mol. The maximum atomic E-state index is 12.5. The summed E-state index contributed by atoms with van der Waals surface area (Å²) in [6.07, 6.45) is 2.99. The summed E-state index contributed by atoms with van der Waals surface area (Å²) in [5.41, 5.74) is 2.58. The van der Waals surface area contributed by atoms with Gasteiger partial charge in [0.05, 0.1) is 0 Å². The van der Waals surface area contributed by atoms with Crippen LogP contribution in [-0.4, -0.2) is 37.5 Å². The number of amides is 1. The molecular formula is C18H28N2O. The van der Waals surface area contributed by atoms with Crippen molar-refractivity contribution in [1.82, 2.24) is 10.2 Å². The third-order valence-corrected chi connectivity index (χ3v) is 4.56. The Morgan fingerprint density at radius 3 is 2.90 bits per heavy atom. The molecule has 1 aromatic rings.